The SMILES string of the molecule is NC(Cc1c[nH]c2ccccc12)C(=O)NC(CS)C(=O)NC(CO)C(=O)N1CCCC1C(=O)O. The molecule has 3 amide bonds. The van der Waals surface area contributed by atoms with Gasteiger partial charge in [-0.15, -0.1) is 0 Å². The van der Waals surface area contributed by atoms with Gasteiger partial charge in [-0.1, -0.05) is 18.2 Å². The number of likely N-dealkylation sites (tertiary alicyclic amines) is 1. The lowest BCUT2D eigenvalue weighted by molar-refractivity contribution is -0.150. The van der Waals surface area contributed by atoms with E-state index >= 15 is 0 Å². The molecule has 12 heteroatoms. The Morgan fingerprint density at radius 2 is 1.88 bits per heavy atom. The Morgan fingerprint density at radius 3 is 2.56 bits per heavy atom. The van der Waals surface area contributed by atoms with E-state index in [1.165, 1.54) is 0 Å². The van der Waals surface area contributed by atoms with Gasteiger partial charge in [-0.25, -0.2) is 4.79 Å². The first kappa shape index (κ1) is 25.5. The lowest BCUT2D eigenvalue weighted by Crippen LogP contribution is -2.58. The molecule has 1 aliphatic rings. The zero-order valence-electron chi connectivity index (χ0n) is 18.4. The fourth-order valence-electron chi connectivity index (χ4n) is 4.05. The molecule has 0 aliphatic carbocycles. The van der Waals surface area contributed by atoms with E-state index in [4.69, 9.17) is 5.73 Å². The maximum Gasteiger partial charge on any atom is 0.326 e. The Balaban J connectivity index is 1.60. The van der Waals surface area contributed by atoms with E-state index < -0.39 is 54.5 Å². The molecule has 1 fully saturated rings. The summed E-state index contributed by atoms with van der Waals surface area (Å²) >= 11 is 4.11. The highest BCUT2D eigenvalue weighted by Gasteiger charge is 2.38. The molecule has 0 spiro atoms. The molecule has 2 heterocycles. The summed E-state index contributed by atoms with van der Waals surface area (Å²) in [5.74, 6) is -3.22. The van der Waals surface area contributed by atoms with E-state index in [-0.39, 0.29) is 18.7 Å². The zero-order chi connectivity index (χ0) is 24.8. The number of hydrogen-bond acceptors (Lipinski definition) is 7. The number of carboxylic acids is 1. The number of carbonyl (C=O) groups is 4. The van der Waals surface area contributed by atoms with Crippen molar-refractivity contribution in [3.8, 4) is 0 Å². The van der Waals surface area contributed by atoms with Gasteiger partial charge in [0, 0.05) is 29.4 Å². The molecule has 34 heavy (non-hydrogen) atoms. The molecule has 4 unspecified atom stereocenters. The molecule has 7 N–H and O–H groups in total. The Labute approximate surface area is 201 Å². The van der Waals surface area contributed by atoms with Gasteiger partial charge in [0.25, 0.3) is 0 Å². The van der Waals surface area contributed by atoms with E-state index in [0.717, 1.165) is 21.4 Å². The number of aromatic amines is 1. The van der Waals surface area contributed by atoms with Crippen molar-refractivity contribution >= 4 is 47.2 Å². The normalized spacial score (nSPS) is 18.3. The van der Waals surface area contributed by atoms with Crippen LogP contribution in [0.25, 0.3) is 10.9 Å². The summed E-state index contributed by atoms with van der Waals surface area (Å²) in [4.78, 5) is 53.7. The summed E-state index contributed by atoms with van der Waals surface area (Å²) in [6, 6.07) is 3.20. The summed E-state index contributed by atoms with van der Waals surface area (Å²) in [5.41, 5.74) is 7.84. The second kappa shape index (κ2) is 11.4. The van der Waals surface area contributed by atoms with Crippen LogP contribution in [0.1, 0.15) is 18.4 Å². The number of carboxylic acid groups (broad SMARTS) is 1. The lowest BCUT2D eigenvalue weighted by atomic mass is 10.0. The standard InChI is InChI=1S/C22H29N5O6S/c23-14(8-12-9-24-15-5-2-1-4-13(12)15)19(29)26-17(11-34)20(30)25-16(10-28)21(31)27-7-3-6-18(27)22(32)33/h1-2,4-5,9,14,16-18,24,28,34H,3,6-8,10-11,23H2,(H,25,30)(H,26,29)(H,32,33). The van der Waals surface area contributed by atoms with Crippen molar-refractivity contribution in [1.29, 1.82) is 0 Å². The number of aliphatic hydroxyl groups is 1. The molecule has 3 rings (SSSR count). The smallest absolute Gasteiger partial charge is 0.326 e. The van der Waals surface area contributed by atoms with Gasteiger partial charge in [-0.05, 0) is 30.9 Å². The minimum Gasteiger partial charge on any atom is -0.480 e. The van der Waals surface area contributed by atoms with Crippen LogP contribution >= 0.6 is 12.6 Å². The van der Waals surface area contributed by atoms with Crippen molar-refractivity contribution in [2.24, 2.45) is 5.73 Å². The molecule has 0 saturated carbocycles. The highest BCUT2D eigenvalue weighted by atomic mass is 32.1. The van der Waals surface area contributed by atoms with Gasteiger partial charge in [-0.3, -0.25) is 14.4 Å². The van der Waals surface area contributed by atoms with Crippen molar-refractivity contribution in [1.82, 2.24) is 20.5 Å². The van der Waals surface area contributed by atoms with Gasteiger partial charge < -0.3 is 36.5 Å². The molecule has 1 aromatic carbocycles. The third-order valence-electron chi connectivity index (χ3n) is 5.89. The number of H-pyrrole nitrogens is 1. The number of aliphatic carboxylic acids is 1. The second-order valence-corrected chi connectivity index (χ2v) is 8.55. The van der Waals surface area contributed by atoms with Crippen LogP contribution in [-0.2, 0) is 25.6 Å². The number of rotatable bonds is 10. The van der Waals surface area contributed by atoms with Crippen LogP contribution in [-0.4, -0.2) is 86.9 Å². The second-order valence-electron chi connectivity index (χ2n) is 8.19. The predicted octanol–water partition coefficient (Wildman–Crippen LogP) is -0.995. The number of benzene rings is 1. The van der Waals surface area contributed by atoms with E-state index in [1.807, 2.05) is 24.3 Å². The summed E-state index contributed by atoms with van der Waals surface area (Å²) in [5, 5.41) is 24.8. The number of nitrogens with one attached hydrogen (secondary N) is 3. The van der Waals surface area contributed by atoms with Crippen molar-refractivity contribution in [3.05, 3.63) is 36.0 Å². The summed E-state index contributed by atoms with van der Waals surface area (Å²) in [6.45, 7) is -0.502. The summed E-state index contributed by atoms with van der Waals surface area (Å²) in [6.07, 6.45) is 2.83. The minimum atomic E-state index is -1.34. The van der Waals surface area contributed by atoms with E-state index in [0.29, 0.717) is 12.8 Å². The topological polar surface area (TPSA) is 178 Å². The molecule has 0 radical (unpaired) electrons. The fourth-order valence-corrected chi connectivity index (χ4v) is 4.31. The Bertz CT molecular complexity index is 1060. The number of thiol groups is 1. The Hall–Kier alpha value is -3.09. The number of nitrogens with zero attached hydrogens (tertiary/aromatic N) is 1. The Kier molecular flexibility index (Phi) is 8.53. The molecule has 4 atom stereocenters. The highest BCUT2D eigenvalue weighted by Crippen LogP contribution is 2.19. The van der Waals surface area contributed by atoms with Gasteiger partial charge in [0.15, 0.2) is 0 Å². The molecule has 11 nitrogen and oxygen atoms in total. The molecule has 0 bridgehead atoms. The minimum absolute atomic E-state index is 0.0782. The number of fused-ring (bicyclic) bond motifs is 1. The molecule has 184 valence electrons. The van der Waals surface area contributed by atoms with Crippen molar-refractivity contribution in [3.63, 3.8) is 0 Å². The zero-order valence-corrected chi connectivity index (χ0v) is 19.3. The average molecular weight is 492 g/mol. The molecule has 1 saturated heterocycles. The quantitative estimate of drug-likeness (QED) is 0.208. The lowest BCUT2D eigenvalue weighted by Gasteiger charge is -2.27. The van der Waals surface area contributed by atoms with Crippen molar-refractivity contribution in [2.45, 2.75) is 43.4 Å². The van der Waals surface area contributed by atoms with Crippen molar-refractivity contribution < 1.29 is 29.4 Å². The van der Waals surface area contributed by atoms with Gasteiger partial charge in [0.2, 0.25) is 17.7 Å². The van der Waals surface area contributed by atoms with Crippen LogP contribution in [0, 0.1) is 0 Å². The van der Waals surface area contributed by atoms with Crippen LogP contribution in [0.2, 0.25) is 0 Å². The summed E-state index contributed by atoms with van der Waals surface area (Å²) < 4.78 is 0. The molecule has 1 aliphatic heterocycles. The first-order chi connectivity index (χ1) is 16.3. The third kappa shape index (κ3) is 5.69. The van der Waals surface area contributed by atoms with Gasteiger partial charge >= 0.3 is 5.97 Å². The maximum atomic E-state index is 12.7. The predicted molar refractivity (Wildman–Crippen MR) is 127 cm³/mol. The van der Waals surface area contributed by atoms with Crippen LogP contribution in [0.4, 0.5) is 0 Å². The number of para-hydroxylation sites is 1. The van der Waals surface area contributed by atoms with Crippen LogP contribution in [0.15, 0.2) is 30.5 Å². The number of amides is 3. The monoisotopic (exact) mass is 491 g/mol. The van der Waals surface area contributed by atoms with Crippen LogP contribution in [0.5, 0.6) is 0 Å². The molecular weight excluding hydrogens is 462 g/mol. The molecule has 1 aromatic heterocycles. The highest BCUT2D eigenvalue weighted by molar-refractivity contribution is 7.80. The average Bonchev–Trinajstić information content (AvgIpc) is 3.48. The van der Waals surface area contributed by atoms with Crippen LogP contribution in [0.3, 0.4) is 0 Å². The van der Waals surface area contributed by atoms with Gasteiger partial charge in [0.05, 0.1) is 12.6 Å². The largest absolute Gasteiger partial charge is 0.480 e. The van der Waals surface area contributed by atoms with E-state index in [2.05, 4.69) is 28.2 Å². The van der Waals surface area contributed by atoms with E-state index in [1.54, 1.807) is 6.20 Å². The fraction of sp³-hybridized carbons (Fsp3) is 0.455. The first-order valence-electron chi connectivity index (χ1n) is 10.9. The number of aliphatic hydroxyl groups excluding tert-OH is 1. The number of nitrogens with two attached hydrogens (primary N) is 1. The van der Waals surface area contributed by atoms with Gasteiger partial charge in [0.1, 0.15) is 18.1 Å². The maximum absolute atomic E-state index is 12.7. The first-order valence-corrected chi connectivity index (χ1v) is 11.6. The summed E-state index contributed by atoms with van der Waals surface area (Å²) in [7, 11) is 0. The van der Waals surface area contributed by atoms with Crippen LogP contribution < -0.4 is 16.4 Å². The van der Waals surface area contributed by atoms with Gasteiger partial charge in [-0.2, -0.15) is 12.6 Å². The molecular formula is C22H29N5O6S. The van der Waals surface area contributed by atoms with Crippen molar-refractivity contribution in [2.75, 3.05) is 18.9 Å². The number of aromatic nitrogens is 1. The molecule has 2 aromatic rings. The van der Waals surface area contributed by atoms with E-state index in [9.17, 15) is 29.4 Å². The number of carbonyl (C=O) groups excluding carboxylic acids is 3. The Morgan fingerprint density at radius 1 is 1.18 bits per heavy atom. The third-order valence-corrected chi connectivity index (χ3v) is 6.25. The number of hydrogen-bond donors (Lipinski definition) is 7.